The maximum Gasteiger partial charge on any atom is 0.329 e. The highest BCUT2D eigenvalue weighted by molar-refractivity contribution is 7.92. The maximum atomic E-state index is 11.5. The normalized spacial score (nSPS) is 10.7. The van der Waals surface area contributed by atoms with Crippen molar-refractivity contribution in [3.63, 3.8) is 0 Å². The molecule has 0 spiro atoms. The zero-order valence-electron chi connectivity index (χ0n) is 14.2. The van der Waals surface area contributed by atoms with Gasteiger partial charge >= 0.3 is 6.03 Å². The minimum absolute atomic E-state index is 0. The van der Waals surface area contributed by atoms with E-state index in [0.29, 0.717) is 11.7 Å². The molecule has 2 amide bonds. The molecule has 5 N–H and O–H groups in total. The summed E-state index contributed by atoms with van der Waals surface area (Å²) in [6, 6.07) is 7.43. The van der Waals surface area contributed by atoms with Gasteiger partial charge in [-0.15, -0.1) is 23.7 Å². The molecule has 0 aliphatic heterocycles. The largest absolute Gasteiger partial charge is 0.333 e. The fourth-order valence-corrected chi connectivity index (χ4v) is 3.62. The highest BCUT2D eigenvalue weighted by Gasteiger charge is 2.10. The van der Waals surface area contributed by atoms with Crippen LogP contribution in [0.5, 0.6) is 0 Å². The number of sulfonamides is 1. The summed E-state index contributed by atoms with van der Waals surface area (Å²) in [6.07, 6.45) is 1.51. The molecule has 11 heteroatoms. The predicted octanol–water partition coefficient (Wildman–Crippen LogP) is 1.78. The van der Waals surface area contributed by atoms with E-state index in [-0.39, 0.29) is 18.2 Å². The van der Waals surface area contributed by atoms with Crippen LogP contribution in [0.1, 0.15) is 23.7 Å². The number of aromatic nitrogens is 1. The number of carbonyl (C=O) groups is 1. The van der Waals surface area contributed by atoms with E-state index in [1.165, 1.54) is 11.3 Å². The minimum Gasteiger partial charge on any atom is -0.333 e. The topological polar surface area (TPSA) is 126 Å². The van der Waals surface area contributed by atoms with Crippen molar-refractivity contribution in [1.29, 1.82) is 0 Å². The Bertz CT molecular complexity index is 809. The molecule has 0 fully saturated rings. The Balaban J connectivity index is 0.00000338. The van der Waals surface area contributed by atoms with Gasteiger partial charge in [0.05, 0.1) is 11.4 Å². The second-order valence-corrected chi connectivity index (χ2v) is 8.16. The molecule has 0 bridgehead atoms. The monoisotopic (exact) mass is 419 g/mol. The summed E-state index contributed by atoms with van der Waals surface area (Å²) in [5.41, 5.74) is 4.96. The van der Waals surface area contributed by atoms with Gasteiger partial charge in [0, 0.05) is 11.9 Å². The van der Waals surface area contributed by atoms with Gasteiger partial charge in [0.1, 0.15) is 0 Å². The van der Waals surface area contributed by atoms with Crippen molar-refractivity contribution in [3.05, 3.63) is 46.5 Å². The Kier molecular flexibility index (Phi) is 8.79. The summed E-state index contributed by atoms with van der Waals surface area (Å²) in [5, 5.41) is 4.87. The van der Waals surface area contributed by atoms with E-state index in [0.717, 1.165) is 29.7 Å². The van der Waals surface area contributed by atoms with E-state index in [1.54, 1.807) is 6.92 Å². The summed E-state index contributed by atoms with van der Waals surface area (Å²) in [5.74, 6) is 5.02. The van der Waals surface area contributed by atoms with Crippen molar-refractivity contribution >= 4 is 44.9 Å². The van der Waals surface area contributed by atoms with Crippen LogP contribution in [-0.2, 0) is 29.4 Å². The highest BCUT2D eigenvalue weighted by atomic mass is 35.5. The average molecular weight is 420 g/mol. The first-order valence-electron chi connectivity index (χ1n) is 7.69. The molecule has 0 unspecified atom stereocenters. The number of hydrazine groups is 1. The van der Waals surface area contributed by atoms with Gasteiger partial charge in [-0.2, -0.15) is 0 Å². The lowest BCUT2D eigenvalue weighted by Gasteiger charge is -2.05. The Labute approximate surface area is 163 Å². The number of hydrogen-bond acceptors (Lipinski definition) is 6. The summed E-state index contributed by atoms with van der Waals surface area (Å²) >= 11 is 1.28. The van der Waals surface area contributed by atoms with E-state index >= 15 is 0 Å². The standard InChI is InChI=1S/C15H21N5O3S2.ClH/c1-2-25(22,23)20-15-18-13(10-24-15)8-7-11-3-5-12(6-4-11)9-17-14(21)19-16;/h3-6,10H,2,7-9,16H2,1H3,(H,18,20)(H2,17,19,21);1H. The van der Waals surface area contributed by atoms with Gasteiger partial charge in [0.25, 0.3) is 0 Å². The van der Waals surface area contributed by atoms with Crippen LogP contribution >= 0.6 is 23.7 Å². The Morgan fingerprint density at radius 3 is 2.46 bits per heavy atom. The van der Waals surface area contributed by atoms with Crippen molar-refractivity contribution in [2.24, 2.45) is 5.84 Å². The number of thiazole rings is 1. The van der Waals surface area contributed by atoms with Gasteiger partial charge in [-0.3, -0.25) is 10.1 Å². The number of aryl methyl sites for hydroxylation is 2. The highest BCUT2D eigenvalue weighted by Crippen LogP contribution is 2.18. The van der Waals surface area contributed by atoms with Crippen molar-refractivity contribution in [3.8, 4) is 0 Å². The van der Waals surface area contributed by atoms with Gasteiger partial charge < -0.3 is 5.32 Å². The summed E-state index contributed by atoms with van der Waals surface area (Å²) in [7, 11) is -3.29. The van der Waals surface area contributed by atoms with E-state index in [4.69, 9.17) is 5.84 Å². The fourth-order valence-electron chi connectivity index (χ4n) is 2.00. The van der Waals surface area contributed by atoms with E-state index in [9.17, 15) is 13.2 Å². The molecule has 0 atom stereocenters. The third kappa shape index (κ3) is 7.16. The number of benzene rings is 1. The van der Waals surface area contributed by atoms with Crippen molar-refractivity contribution in [2.45, 2.75) is 26.3 Å². The van der Waals surface area contributed by atoms with E-state index < -0.39 is 16.1 Å². The molecule has 0 radical (unpaired) electrons. The quantitative estimate of drug-likeness (QED) is 0.295. The van der Waals surface area contributed by atoms with Crippen LogP contribution in [0.15, 0.2) is 29.6 Å². The third-order valence-corrected chi connectivity index (χ3v) is 5.65. The number of hydrogen-bond donors (Lipinski definition) is 4. The van der Waals surface area contributed by atoms with Crippen LogP contribution < -0.4 is 21.3 Å². The predicted molar refractivity (Wildman–Crippen MR) is 106 cm³/mol. The van der Waals surface area contributed by atoms with Crippen LogP contribution in [0.25, 0.3) is 0 Å². The molecule has 1 aromatic carbocycles. The third-order valence-electron chi connectivity index (χ3n) is 3.45. The molecule has 2 aromatic rings. The number of nitrogens with one attached hydrogen (secondary N) is 3. The lowest BCUT2D eigenvalue weighted by Crippen LogP contribution is -2.39. The number of rotatable bonds is 8. The van der Waals surface area contributed by atoms with Crippen LogP contribution in [0, 0.1) is 0 Å². The molecule has 0 aliphatic rings. The number of anilines is 1. The number of urea groups is 1. The number of amides is 2. The van der Waals surface area contributed by atoms with Gasteiger partial charge in [-0.25, -0.2) is 24.0 Å². The average Bonchev–Trinajstić information content (AvgIpc) is 3.05. The van der Waals surface area contributed by atoms with E-state index in [1.807, 2.05) is 35.1 Å². The van der Waals surface area contributed by atoms with Crippen LogP contribution in [0.2, 0.25) is 0 Å². The second kappa shape index (κ2) is 10.3. The summed E-state index contributed by atoms with van der Waals surface area (Å²) in [6.45, 7) is 1.98. The Morgan fingerprint density at radius 1 is 1.19 bits per heavy atom. The first kappa shape index (κ1) is 22.2. The van der Waals surface area contributed by atoms with Crippen LogP contribution in [0.3, 0.4) is 0 Å². The summed E-state index contributed by atoms with van der Waals surface area (Å²) < 4.78 is 25.5. The van der Waals surface area contributed by atoms with Gasteiger partial charge in [-0.1, -0.05) is 24.3 Å². The fraction of sp³-hybridized carbons (Fsp3) is 0.333. The second-order valence-electron chi connectivity index (χ2n) is 5.29. The summed E-state index contributed by atoms with van der Waals surface area (Å²) in [4.78, 5) is 15.3. The number of nitrogens with two attached hydrogens (primary N) is 1. The van der Waals surface area contributed by atoms with Gasteiger partial charge in [-0.05, 0) is 30.9 Å². The molecule has 0 aliphatic carbocycles. The smallest absolute Gasteiger partial charge is 0.329 e. The lowest BCUT2D eigenvalue weighted by atomic mass is 10.1. The molecule has 26 heavy (non-hydrogen) atoms. The van der Waals surface area contributed by atoms with Gasteiger partial charge in [0.2, 0.25) is 10.0 Å². The SMILES string of the molecule is CCS(=O)(=O)Nc1nc(CCc2ccc(CNC(=O)NN)cc2)cs1.Cl. The van der Waals surface area contributed by atoms with Crippen LogP contribution in [-0.4, -0.2) is 25.2 Å². The first-order chi connectivity index (χ1) is 11.9. The first-order valence-corrected chi connectivity index (χ1v) is 10.2. The molecule has 1 heterocycles. The van der Waals surface area contributed by atoms with Crippen LogP contribution in [0.4, 0.5) is 9.93 Å². The maximum absolute atomic E-state index is 11.5. The molecule has 0 saturated carbocycles. The van der Waals surface area contributed by atoms with Crippen molar-refractivity contribution in [2.75, 3.05) is 10.5 Å². The van der Waals surface area contributed by atoms with Crippen molar-refractivity contribution in [1.82, 2.24) is 15.7 Å². The molecular formula is C15H22ClN5O3S2. The molecule has 8 nitrogen and oxygen atoms in total. The Hall–Kier alpha value is -1.88. The zero-order chi connectivity index (χ0) is 18.3. The Morgan fingerprint density at radius 2 is 1.85 bits per heavy atom. The molecule has 1 aromatic heterocycles. The minimum atomic E-state index is -3.29. The number of nitrogens with zero attached hydrogens (tertiary/aromatic N) is 1. The van der Waals surface area contributed by atoms with E-state index in [2.05, 4.69) is 15.0 Å². The zero-order valence-corrected chi connectivity index (χ0v) is 16.6. The molecule has 144 valence electrons. The van der Waals surface area contributed by atoms with Crippen molar-refractivity contribution < 1.29 is 13.2 Å². The molecule has 0 saturated heterocycles. The van der Waals surface area contributed by atoms with Gasteiger partial charge in [0.15, 0.2) is 5.13 Å². The molecule has 2 rings (SSSR count). The lowest BCUT2D eigenvalue weighted by molar-refractivity contribution is 0.241. The number of carbonyl (C=O) groups excluding carboxylic acids is 1. The molecular weight excluding hydrogens is 398 g/mol. The number of halogens is 1.